The van der Waals surface area contributed by atoms with Crippen molar-refractivity contribution >= 4 is 34.9 Å². The molecule has 1 amide bonds. The quantitative estimate of drug-likeness (QED) is 0.464. The number of carbonyl (C=O) groups excluding carboxylic acids is 2. The number of hydrogen-bond donors (Lipinski definition) is 1. The molecule has 0 atom stereocenters. The highest BCUT2D eigenvalue weighted by Gasteiger charge is 2.28. The molecule has 26 heavy (non-hydrogen) atoms. The second-order valence-electron chi connectivity index (χ2n) is 7.03. The van der Waals surface area contributed by atoms with Gasteiger partial charge in [0.2, 0.25) is 0 Å². The third-order valence-electron chi connectivity index (χ3n) is 3.68. The Balaban J connectivity index is 2.42. The lowest BCUT2D eigenvalue weighted by molar-refractivity contribution is -0.115. The lowest BCUT2D eigenvalue weighted by Gasteiger charge is -2.24. The van der Waals surface area contributed by atoms with Crippen molar-refractivity contribution in [3.05, 3.63) is 40.4 Å². The van der Waals surface area contributed by atoms with Gasteiger partial charge in [-0.2, -0.15) is 5.10 Å². The number of allylic oxidation sites excluding steroid dienone is 1. The van der Waals surface area contributed by atoms with Crippen LogP contribution in [0, 0.1) is 0 Å². The van der Waals surface area contributed by atoms with E-state index in [1.54, 1.807) is 45.0 Å². The molecule has 0 radical (unpaired) electrons. The van der Waals surface area contributed by atoms with Gasteiger partial charge >= 0.3 is 6.09 Å². The fourth-order valence-electron chi connectivity index (χ4n) is 2.53. The highest BCUT2D eigenvalue weighted by atomic mass is 35.5. The largest absolute Gasteiger partial charge is 0.506 e. The van der Waals surface area contributed by atoms with E-state index in [0.717, 1.165) is 5.01 Å². The fourth-order valence-corrected chi connectivity index (χ4v) is 2.76. The highest BCUT2D eigenvalue weighted by molar-refractivity contribution is 6.33. The smallest absolute Gasteiger partial charge is 0.430 e. The van der Waals surface area contributed by atoms with Gasteiger partial charge in [0, 0.05) is 19.0 Å². The molecule has 1 fully saturated rings. The molecule has 1 aromatic rings. The first-order valence-electron chi connectivity index (χ1n) is 8.36. The molecule has 1 aromatic carbocycles. The first-order valence-corrected chi connectivity index (χ1v) is 8.74. The molecule has 140 valence electrons. The number of carbonyl (C=O) groups is 2. The first kappa shape index (κ1) is 20.0. The summed E-state index contributed by atoms with van der Waals surface area (Å²) >= 11 is 6.13. The Labute approximate surface area is 158 Å². The van der Waals surface area contributed by atoms with Crippen molar-refractivity contribution in [2.45, 2.75) is 45.6 Å². The third kappa shape index (κ3) is 4.85. The van der Waals surface area contributed by atoms with E-state index in [0.29, 0.717) is 35.6 Å². The summed E-state index contributed by atoms with van der Waals surface area (Å²) in [5.74, 6) is -0.457. The van der Waals surface area contributed by atoms with E-state index < -0.39 is 11.7 Å². The molecular formula is C19H23ClN2O4. The molecule has 0 heterocycles. The van der Waals surface area contributed by atoms with Crippen LogP contribution in [-0.2, 0) is 9.53 Å². The van der Waals surface area contributed by atoms with Crippen LogP contribution in [0.4, 0.5) is 4.79 Å². The van der Waals surface area contributed by atoms with E-state index in [-0.39, 0.29) is 17.1 Å². The van der Waals surface area contributed by atoms with E-state index in [9.17, 15) is 14.7 Å². The Morgan fingerprint density at radius 3 is 2.54 bits per heavy atom. The summed E-state index contributed by atoms with van der Waals surface area (Å²) in [6.45, 7) is 5.26. The van der Waals surface area contributed by atoms with Crippen LogP contribution in [0.1, 0.15) is 45.6 Å². The molecular weight excluding hydrogens is 356 g/mol. The molecule has 0 bridgehead atoms. The van der Waals surface area contributed by atoms with Crippen LogP contribution in [0.3, 0.4) is 0 Å². The van der Waals surface area contributed by atoms with E-state index in [4.69, 9.17) is 16.3 Å². The van der Waals surface area contributed by atoms with E-state index in [1.165, 1.54) is 7.05 Å². The van der Waals surface area contributed by atoms with Crippen molar-refractivity contribution in [3.63, 3.8) is 0 Å². The summed E-state index contributed by atoms with van der Waals surface area (Å²) in [5, 5.41) is 16.3. The lowest BCUT2D eigenvalue weighted by Crippen LogP contribution is -2.33. The normalized spacial score (nSPS) is 18.7. The van der Waals surface area contributed by atoms with Gasteiger partial charge in [-0.05, 0) is 45.7 Å². The van der Waals surface area contributed by atoms with Crippen molar-refractivity contribution in [2.75, 3.05) is 7.05 Å². The molecule has 0 spiro atoms. The average molecular weight is 379 g/mol. The molecule has 0 aliphatic heterocycles. The van der Waals surface area contributed by atoms with Crippen molar-refractivity contribution in [3.8, 4) is 0 Å². The van der Waals surface area contributed by atoms with Crippen LogP contribution in [0.25, 0.3) is 5.76 Å². The van der Waals surface area contributed by atoms with Gasteiger partial charge < -0.3 is 9.84 Å². The lowest BCUT2D eigenvalue weighted by atomic mass is 9.89. The minimum Gasteiger partial charge on any atom is -0.506 e. The topological polar surface area (TPSA) is 79.2 Å². The number of aliphatic hydroxyl groups excluding tert-OH is 1. The number of halogens is 1. The number of nitrogens with zero attached hydrogens (tertiary/aromatic N) is 2. The van der Waals surface area contributed by atoms with Crippen molar-refractivity contribution in [2.24, 2.45) is 5.10 Å². The molecule has 6 nitrogen and oxygen atoms in total. The number of hydrogen-bond acceptors (Lipinski definition) is 5. The molecule has 2 rings (SSSR count). The Morgan fingerprint density at radius 1 is 1.27 bits per heavy atom. The van der Waals surface area contributed by atoms with Gasteiger partial charge in [0.15, 0.2) is 5.78 Å². The predicted octanol–water partition coefficient (Wildman–Crippen LogP) is 4.59. The predicted molar refractivity (Wildman–Crippen MR) is 101 cm³/mol. The summed E-state index contributed by atoms with van der Waals surface area (Å²) in [5.41, 5.74) is 0.130. The number of hydrazone groups is 1. The van der Waals surface area contributed by atoms with Gasteiger partial charge in [-0.1, -0.05) is 23.7 Å². The van der Waals surface area contributed by atoms with Crippen LogP contribution < -0.4 is 0 Å². The first-order chi connectivity index (χ1) is 12.1. The number of amides is 1. The van der Waals surface area contributed by atoms with E-state index in [1.807, 2.05) is 0 Å². The number of benzene rings is 1. The fraction of sp³-hybridized carbons (Fsp3) is 0.421. The standard InChI is InChI=1S/C19H23ClN2O4/c1-19(2,3)26-18(25)22(4)21-14-10-7-11-15(23)16(14)17(24)12-8-5-6-9-13(12)20/h5-6,8-9,24H,7,10-11H2,1-4H3. The van der Waals surface area contributed by atoms with Crippen molar-refractivity contribution in [1.29, 1.82) is 0 Å². The Morgan fingerprint density at radius 2 is 1.92 bits per heavy atom. The molecule has 1 aliphatic carbocycles. The van der Waals surface area contributed by atoms with Crippen LogP contribution in [0.2, 0.25) is 5.02 Å². The van der Waals surface area contributed by atoms with Gasteiger partial charge in [-0.3, -0.25) is 4.79 Å². The summed E-state index contributed by atoms with van der Waals surface area (Å²) in [4.78, 5) is 24.6. The summed E-state index contributed by atoms with van der Waals surface area (Å²) in [6, 6.07) is 6.71. The van der Waals surface area contributed by atoms with E-state index >= 15 is 0 Å². The maximum Gasteiger partial charge on any atom is 0.430 e. The Kier molecular flexibility index (Phi) is 6.08. The van der Waals surface area contributed by atoms with Gasteiger partial charge in [-0.15, -0.1) is 0 Å². The molecule has 0 aromatic heterocycles. The maximum absolute atomic E-state index is 12.4. The van der Waals surface area contributed by atoms with Crippen molar-refractivity contribution < 1.29 is 19.4 Å². The highest BCUT2D eigenvalue weighted by Crippen LogP contribution is 2.29. The van der Waals surface area contributed by atoms with Crippen molar-refractivity contribution in [1.82, 2.24) is 5.01 Å². The zero-order valence-electron chi connectivity index (χ0n) is 15.4. The number of rotatable bonds is 2. The van der Waals surface area contributed by atoms with Crippen LogP contribution in [0.5, 0.6) is 0 Å². The summed E-state index contributed by atoms with van der Waals surface area (Å²) in [6.07, 6.45) is 0.723. The third-order valence-corrected chi connectivity index (χ3v) is 4.01. The summed E-state index contributed by atoms with van der Waals surface area (Å²) in [7, 11) is 1.45. The molecule has 0 unspecified atom stereocenters. The van der Waals surface area contributed by atoms with Gasteiger partial charge in [-0.25, -0.2) is 9.80 Å². The zero-order valence-corrected chi connectivity index (χ0v) is 16.1. The molecule has 0 saturated heterocycles. The van der Waals surface area contributed by atoms with Crippen LogP contribution in [-0.4, -0.2) is 40.4 Å². The molecule has 1 aliphatic rings. The Hall–Kier alpha value is -2.34. The van der Waals surface area contributed by atoms with Gasteiger partial charge in [0.25, 0.3) is 0 Å². The van der Waals surface area contributed by atoms with Crippen LogP contribution in [0.15, 0.2) is 34.9 Å². The molecule has 7 heteroatoms. The minimum atomic E-state index is -0.660. The Bertz CT molecular complexity index is 778. The number of ether oxygens (including phenoxy) is 1. The number of ketones is 1. The maximum atomic E-state index is 12.4. The minimum absolute atomic E-state index is 0.0970. The number of aliphatic hydroxyl groups is 1. The van der Waals surface area contributed by atoms with Gasteiger partial charge in [0.1, 0.15) is 11.4 Å². The zero-order chi connectivity index (χ0) is 19.5. The second kappa shape index (κ2) is 7.91. The SMILES string of the molecule is CN(N=C1CCCC(=O)C1=C(O)c1ccccc1Cl)C(=O)OC(C)(C)C. The second-order valence-corrected chi connectivity index (χ2v) is 7.44. The molecule has 1 saturated carbocycles. The van der Waals surface area contributed by atoms with E-state index in [2.05, 4.69) is 5.10 Å². The summed E-state index contributed by atoms with van der Waals surface area (Å²) < 4.78 is 5.26. The van der Waals surface area contributed by atoms with Gasteiger partial charge in [0.05, 0.1) is 16.3 Å². The molecule has 1 N–H and O–H groups in total. The average Bonchev–Trinajstić information content (AvgIpc) is 2.53. The monoisotopic (exact) mass is 378 g/mol. The van der Waals surface area contributed by atoms with Crippen LogP contribution >= 0.6 is 11.6 Å². The number of Topliss-reactive ketones (excluding diaryl/α,β-unsaturated/α-hetero) is 1.